The fourth-order valence-corrected chi connectivity index (χ4v) is 2.13. The predicted molar refractivity (Wildman–Crippen MR) is 85.4 cm³/mol. The molecular weight excluding hydrogens is 260 g/mol. The third kappa shape index (κ3) is 3.87. The van der Waals surface area contributed by atoms with E-state index in [2.05, 4.69) is 44.7 Å². The number of hydrogen-bond acceptors (Lipinski definition) is 2. The predicted octanol–water partition coefficient (Wildman–Crippen LogP) is 3.53. The molecule has 2 rings (SSSR count). The number of benzene rings is 2. The van der Waals surface area contributed by atoms with Crippen LogP contribution >= 0.6 is 0 Å². The minimum atomic E-state index is -0.114. The van der Waals surface area contributed by atoms with Gasteiger partial charge in [0, 0.05) is 5.56 Å². The van der Waals surface area contributed by atoms with Crippen LogP contribution in [0.2, 0.25) is 0 Å². The Morgan fingerprint density at radius 2 is 1.62 bits per heavy atom. The van der Waals surface area contributed by atoms with E-state index >= 15 is 0 Å². The van der Waals surface area contributed by atoms with Gasteiger partial charge < -0.3 is 9.84 Å². The lowest BCUT2D eigenvalue weighted by Gasteiger charge is -2.14. The maximum atomic E-state index is 8.67. The number of aliphatic hydroxyl groups excluding tert-OH is 1. The molecular formula is C19H20O2. The molecule has 0 aliphatic carbocycles. The third-order valence-corrected chi connectivity index (χ3v) is 3.52. The zero-order valence-electron chi connectivity index (χ0n) is 12.7. The molecule has 2 aromatic carbocycles. The van der Waals surface area contributed by atoms with Crippen LogP contribution in [-0.4, -0.2) is 11.7 Å². The van der Waals surface area contributed by atoms with Crippen molar-refractivity contribution in [3.63, 3.8) is 0 Å². The first kappa shape index (κ1) is 15.2. The Kier molecular flexibility index (Phi) is 5.03. The molecule has 0 saturated carbocycles. The van der Waals surface area contributed by atoms with Crippen molar-refractivity contribution in [2.75, 3.05) is 6.61 Å². The molecule has 0 spiro atoms. The van der Waals surface area contributed by atoms with Gasteiger partial charge in [-0.1, -0.05) is 36.1 Å². The van der Waals surface area contributed by atoms with E-state index in [0.717, 1.165) is 22.4 Å². The molecule has 0 saturated heterocycles. The first-order valence-electron chi connectivity index (χ1n) is 7.00. The minimum Gasteiger partial charge on any atom is -0.488 e. The summed E-state index contributed by atoms with van der Waals surface area (Å²) in [5.41, 5.74) is 5.59. The molecule has 2 aromatic rings. The van der Waals surface area contributed by atoms with Crippen LogP contribution in [0.15, 0.2) is 36.4 Å². The SMILES string of the molecule is Cc1ccc(C)c(OCc2ccc(C#CCO)cc2)c1C. The number of rotatable bonds is 3. The molecule has 1 N–H and O–H groups in total. The Hall–Kier alpha value is -2.24. The average molecular weight is 280 g/mol. The Balaban J connectivity index is 2.08. The van der Waals surface area contributed by atoms with Gasteiger partial charge in [0.1, 0.15) is 19.0 Å². The summed E-state index contributed by atoms with van der Waals surface area (Å²) in [6, 6.07) is 12.1. The summed E-state index contributed by atoms with van der Waals surface area (Å²) in [4.78, 5) is 0. The summed E-state index contributed by atoms with van der Waals surface area (Å²) in [7, 11) is 0. The topological polar surface area (TPSA) is 29.5 Å². The van der Waals surface area contributed by atoms with Gasteiger partial charge >= 0.3 is 0 Å². The van der Waals surface area contributed by atoms with Gasteiger partial charge in [-0.05, 0) is 55.2 Å². The van der Waals surface area contributed by atoms with Crippen LogP contribution in [0.1, 0.15) is 27.8 Å². The average Bonchev–Trinajstić information content (AvgIpc) is 2.50. The van der Waals surface area contributed by atoms with Crippen LogP contribution in [0.3, 0.4) is 0 Å². The van der Waals surface area contributed by atoms with Crippen LogP contribution in [-0.2, 0) is 6.61 Å². The summed E-state index contributed by atoms with van der Waals surface area (Å²) in [5, 5.41) is 8.67. The van der Waals surface area contributed by atoms with Crippen molar-refractivity contribution in [2.45, 2.75) is 27.4 Å². The monoisotopic (exact) mass is 280 g/mol. The van der Waals surface area contributed by atoms with Crippen molar-refractivity contribution in [2.24, 2.45) is 0 Å². The Morgan fingerprint density at radius 3 is 2.29 bits per heavy atom. The first-order chi connectivity index (χ1) is 10.1. The quantitative estimate of drug-likeness (QED) is 0.871. The third-order valence-electron chi connectivity index (χ3n) is 3.52. The molecule has 0 radical (unpaired) electrons. The van der Waals surface area contributed by atoms with Crippen LogP contribution in [0, 0.1) is 32.6 Å². The van der Waals surface area contributed by atoms with Gasteiger partial charge in [0.15, 0.2) is 0 Å². The van der Waals surface area contributed by atoms with E-state index in [-0.39, 0.29) is 6.61 Å². The standard InChI is InChI=1S/C19H20O2/c1-14-6-7-15(2)19(16(14)3)21-13-18-10-8-17(9-11-18)5-4-12-20/h6-11,20H,12-13H2,1-3H3. The van der Waals surface area contributed by atoms with Crippen molar-refractivity contribution in [3.05, 3.63) is 64.2 Å². The lowest BCUT2D eigenvalue weighted by molar-refractivity contribution is 0.301. The molecule has 0 unspecified atom stereocenters. The maximum absolute atomic E-state index is 8.67. The summed E-state index contributed by atoms with van der Waals surface area (Å²) < 4.78 is 5.98. The highest BCUT2D eigenvalue weighted by Gasteiger charge is 2.06. The van der Waals surface area contributed by atoms with Gasteiger partial charge in [0.25, 0.3) is 0 Å². The van der Waals surface area contributed by atoms with Crippen LogP contribution in [0.25, 0.3) is 0 Å². The van der Waals surface area contributed by atoms with E-state index in [9.17, 15) is 0 Å². The van der Waals surface area contributed by atoms with E-state index in [0.29, 0.717) is 6.61 Å². The highest BCUT2D eigenvalue weighted by Crippen LogP contribution is 2.26. The summed E-state index contributed by atoms with van der Waals surface area (Å²) in [6.07, 6.45) is 0. The second-order valence-electron chi connectivity index (χ2n) is 5.10. The van der Waals surface area contributed by atoms with Gasteiger partial charge in [0.2, 0.25) is 0 Å². The second kappa shape index (κ2) is 6.97. The maximum Gasteiger partial charge on any atom is 0.125 e. The Morgan fingerprint density at radius 1 is 0.952 bits per heavy atom. The Bertz CT molecular complexity index is 673. The van der Waals surface area contributed by atoms with E-state index in [1.807, 2.05) is 24.3 Å². The summed E-state index contributed by atoms with van der Waals surface area (Å²) in [5.74, 6) is 6.49. The molecule has 0 heterocycles. The molecule has 0 bridgehead atoms. The van der Waals surface area contributed by atoms with Gasteiger partial charge in [-0.15, -0.1) is 0 Å². The van der Waals surface area contributed by atoms with Crippen molar-refractivity contribution >= 4 is 0 Å². The minimum absolute atomic E-state index is 0.114. The van der Waals surface area contributed by atoms with Gasteiger partial charge in [-0.3, -0.25) is 0 Å². The molecule has 0 amide bonds. The molecule has 0 aliphatic heterocycles. The van der Waals surface area contributed by atoms with E-state index in [4.69, 9.17) is 9.84 Å². The van der Waals surface area contributed by atoms with Crippen LogP contribution in [0.5, 0.6) is 5.75 Å². The summed E-state index contributed by atoms with van der Waals surface area (Å²) in [6.45, 7) is 6.67. The van der Waals surface area contributed by atoms with Crippen LogP contribution in [0.4, 0.5) is 0 Å². The van der Waals surface area contributed by atoms with Gasteiger partial charge in [-0.25, -0.2) is 0 Å². The Labute approximate surface area is 126 Å². The van der Waals surface area contributed by atoms with Crippen molar-refractivity contribution in [1.29, 1.82) is 0 Å². The zero-order valence-corrected chi connectivity index (χ0v) is 12.7. The highest BCUT2D eigenvalue weighted by molar-refractivity contribution is 5.44. The largest absolute Gasteiger partial charge is 0.488 e. The zero-order chi connectivity index (χ0) is 15.2. The molecule has 0 fully saturated rings. The highest BCUT2D eigenvalue weighted by atomic mass is 16.5. The van der Waals surface area contributed by atoms with Gasteiger partial charge in [0.05, 0.1) is 0 Å². The molecule has 2 nitrogen and oxygen atoms in total. The second-order valence-corrected chi connectivity index (χ2v) is 5.10. The van der Waals surface area contributed by atoms with E-state index < -0.39 is 0 Å². The number of hydrogen-bond donors (Lipinski definition) is 1. The fourth-order valence-electron chi connectivity index (χ4n) is 2.13. The number of ether oxygens (including phenoxy) is 1. The van der Waals surface area contributed by atoms with Gasteiger partial charge in [-0.2, -0.15) is 0 Å². The smallest absolute Gasteiger partial charge is 0.125 e. The van der Waals surface area contributed by atoms with Crippen LogP contribution < -0.4 is 4.74 Å². The molecule has 0 atom stereocenters. The summed E-state index contributed by atoms with van der Waals surface area (Å²) >= 11 is 0. The van der Waals surface area contributed by atoms with Crippen molar-refractivity contribution in [3.8, 4) is 17.6 Å². The fraction of sp³-hybridized carbons (Fsp3) is 0.263. The van der Waals surface area contributed by atoms with Crippen molar-refractivity contribution in [1.82, 2.24) is 0 Å². The number of aliphatic hydroxyl groups is 1. The normalized spacial score (nSPS) is 9.90. The van der Waals surface area contributed by atoms with Crippen molar-refractivity contribution < 1.29 is 9.84 Å². The molecule has 108 valence electrons. The lowest BCUT2D eigenvalue weighted by atomic mass is 10.1. The molecule has 0 aliphatic rings. The molecule has 0 aromatic heterocycles. The molecule has 21 heavy (non-hydrogen) atoms. The van der Waals surface area contributed by atoms with E-state index in [1.165, 1.54) is 11.1 Å². The number of aryl methyl sites for hydroxylation is 2. The lowest BCUT2D eigenvalue weighted by Crippen LogP contribution is -2.00. The van der Waals surface area contributed by atoms with E-state index in [1.54, 1.807) is 0 Å². The molecule has 2 heteroatoms. The first-order valence-corrected chi connectivity index (χ1v) is 7.00.